The zero-order chi connectivity index (χ0) is 25.1. The third-order valence-corrected chi connectivity index (χ3v) is 6.58. The molecule has 0 aliphatic carbocycles. The highest BCUT2D eigenvalue weighted by Gasteiger charge is 2.30. The summed E-state index contributed by atoms with van der Waals surface area (Å²) in [7, 11) is 1.60. The van der Waals surface area contributed by atoms with Crippen molar-refractivity contribution in [3.8, 4) is 5.75 Å². The summed E-state index contributed by atoms with van der Waals surface area (Å²) in [6, 6.07) is 15.2. The van der Waals surface area contributed by atoms with E-state index >= 15 is 0 Å². The fraction of sp³-hybridized carbons (Fsp3) is 0.0800. The molecule has 1 heterocycles. The van der Waals surface area contributed by atoms with Crippen molar-refractivity contribution in [2.24, 2.45) is 4.99 Å². The first-order valence-electron chi connectivity index (χ1n) is 10.2. The van der Waals surface area contributed by atoms with Gasteiger partial charge in [0.2, 0.25) is 0 Å². The van der Waals surface area contributed by atoms with Gasteiger partial charge in [-0.3, -0.25) is 9.69 Å². The van der Waals surface area contributed by atoms with Crippen LogP contribution in [0.2, 0.25) is 10.0 Å². The second-order valence-corrected chi connectivity index (χ2v) is 9.27. The molecule has 0 aromatic heterocycles. The van der Waals surface area contributed by atoms with Crippen LogP contribution in [0.15, 0.2) is 70.6 Å². The van der Waals surface area contributed by atoms with E-state index in [-0.39, 0.29) is 39.7 Å². The van der Waals surface area contributed by atoms with Gasteiger partial charge in [0.1, 0.15) is 12.4 Å². The average Bonchev–Trinajstić information content (AvgIpc) is 3.07. The Kier molecular flexibility index (Phi) is 7.45. The van der Waals surface area contributed by atoms with Crippen LogP contribution in [0.5, 0.6) is 5.75 Å². The van der Waals surface area contributed by atoms with Crippen molar-refractivity contribution in [3.63, 3.8) is 0 Å². The standard InChI is InChI=1S/C25H17Cl2FN2O4S/c1-30-23(31)21(35-25(30)29-18-8-4-16(5-9-18)24(32)33)12-15-10-19(26)22(20(27)11-15)34-13-14-2-6-17(28)7-3-14/h2-12H,13H2,1H3,(H,32,33)/b21-12-,29-25?. The highest BCUT2D eigenvalue weighted by atomic mass is 35.5. The summed E-state index contributed by atoms with van der Waals surface area (Å²) >= 11 is 13.9. The molecule has 1 fully saturated rings. The van der Waals surface area contributed by atoms with E-state index in [1.165, 1.54) is 40.9 Å². The zero-order valence-electron chi connectivity index (χ0n) is 18.2. The van der Waals surface area contributed by atoms with Crippen molar-refractivity contribution < 1.29 is 23.8 Å². The molecule has 35 heavy (non-hydrogen) atoms. The summed E-state index contributed by atoms with van der Waals surface area (Å²) in [4.78, 5) is 30.0. The molecule has 0 unspecified atom stereocenters. The van der Waals surface area contributed by atoms with Crippen molar-refractivity contribution in [3.05, 3.63) is 98.1 Å². The number of amides is 1. The largest absolute Gasteiger partial charge is 0.486 e. The number of aromatic carboxylic acids is 1. The first-order valence-corrected chi connectivity index (χ1v) is 11.7. The highest BCUT2D eigenvalue weighted by molar-refractivity contribution is 8.18. The monoisotopic (exact) mass is 530 g/mol. The smallest absolute Gasteiger partial charge is 0.335 e. The molecule has 1 N–H and O–H groups in total. The van der Waals surface area contributed by atoms with Gasteiger partial charge in [0.15, 0.2) is 10.9 Å². The third-order valence-electron chi connectivity index (χ3n) is 4.96. The molecule has 1 amide bonds. The predicted octanol–water partition coefficient (Wildman–Crippen LogP) is 6.64. The van der Waals surface area contributed by atoms with Crippen molar-refractivity contribution in [2.45, 2.75) is 6.61 Å². The predicted molar refractivity (Wildman–Crippen MR) is 136 cm³/mol. The number of hydrogen-bond donors (Lipinski definition) is 1. The van der Waals surface area contributed by atoms with E-state index < -0.39 is 5.97 Å². The first-order chi connectivity index (χ1) is 16.7. The molecule has 0 radical (unpaired) electrons. The number of carboxylic acid groups (broad SMARTS) is 1. The fourth-order valence-corrected chi connectivity index (χ4v) is 4.73. The molecule has 4 rings (SSSR count). The van der Waals surface area contributed by atoms with E-state index in [1.807, 2.05) is 0 Å². The van der Waals surface area contributed by atoms with Crippen molar-refractivity contribution >= 4 is 63.8 Å². The Morgan fingerprint density at radius 1 is 1.11 bits per heavy atom. The Balaban J connectivity index is 1.52. The minimum Gasteiger partial charge on any atom is -0.486 e. The van der Waals surface area contributed by atoms with Crippen LogP contribution in [-0.4, -0.2) is 34.1 Å². The number of rotatable bonds is 6. The second-order valence-electron chi connectivity index (χ2n) is 7.45. The maximum Gasteiger partial charge on any atom is 0.335 e. The lowest BCUT2D eigenvalue weighted by molar-refractivity contribution is -0.121. The third kappa shape index (κ3) is 5.85. The normalized spacial score (nSPS) is 15.8. The van der Waals surface area contributed by atoms with E-state index in [0.717, 1.165) is 5.56 Å². The average molecular weight is 531 g/mol. The Labute approximate surface area is 214 Å². The summed E-state index contributed by atoms with van der Waals surface area (Å²) in [5, 5.41) is 10.00. The summed E-state index contributed by atoms with van der Waals surface area (Å²) in [5.74, 6) is -1.33. The van der Waals surface area contributed by atoms with Gasteiger partial charge in [-0.1, -0.05) is 35.3 Å². The van der Waals surface area contributed by atoms with Gasteiger partial charge >= 0.3 is 5.97 Å². The molecule has 0 atom stereocenters. The number of carboxylic acids is 1. The number of likely N-dealkylation sites (N-methyl/N-ethyl adjacent to an activating group) is 1. The van der Waals surface area contributed by atoms with E-state index in [9.17, 15) is 14.0 Å². The number of thioether (sulfide) groups is 1. The topological polar surface area (TPSA) is 79.2 Å². The van der Waals surface area contributed by atoms with Gasteiger partial charge in [-0.15, -0.1) is 0 Å². The van der Waals surface area contributed by atoms with Crippen LogP contribution in [-0.2, 0) is 11.4 Å². The van der Waals surface area contributed by atoms with Crippen LogP contribution in [0.1, 0.15) is 21.5 Å². The van der Waals surface area contributed by atoms with E-state index in [0.29, 0.717) is 21.3 Å². The molecule has 0 saturated carbocycles. The Hall–Kier alpha value is -3.33. The number of nitrogens with zero attached hydrogens (tertiary/aromatic N) is 2. The Bertz CT molecular complexity index is 1340. The van der Waals surface area contributed by atoms with E-state index in [2.05, 4.69) is 4.99 Å². The van der Waals surface area contributed by atoms with Crippen LogP contribution in [0, 0.1) is 5.82 Å². The van der Waals surface area contributed by atoms with Gasteiger partial charge in [0.25, 0.3) is 5.91 Å². The number of hydrogen-bond acceptors (Lipinski definition) is 5. The number of amidine groups is 1. The van der Waals surface area contributed by atoms with Crippen LogP contribution < -0.4 is 4.74 Å². The first kappa shape index (κ1) is 24.8. The number of halogens is 3. The quantitative estimate of drug-likeness (QED) is 0.361. The molecular formula is C25H17Cl2FN2O4S. The summed E-state index contributed by atoms with van der Waals surface area (Å²) in [5.41, 5.74) is 2.03. The van der Waals surface area contributed by atoms with E-state index in [4.69, 9.17) is 33.0 Å². The Morgan fingerprint density at radius 3 is 2.34 bits per heavy atom. The molecule has 3 aromatic rings. The fourth-order valence-electron chi connectivity index (χ4n) is 3.13. The molecule has 0 bridgehead atoms. The van der Waals surface area contributed by atoms with Crippen molar-refractivity contribution in [1.29, 1.82) is 0 Å². The lowest BCUT2D eigenvalue weighted by Crippen LogP contribution is -2.23. The molecule has 10 heteroatoms. The van der Waals surface area contributed by atoms with E-state index in [1.54, 1.807) is 49.5 Å². The molecule has 0 spiro atoms. The number of carbonyl (C=O) groups is 2. The van der Waals surface area contributed by atoms with Gasteiger partial charge in [-0.25, -0.2) is 14.2 Å². The summed E-state index contributed by atoms with van der Waals surface area (Å²) in [6.45, 7) is 0.159. The molecule has 1 aliphatic heterocycles. The molecule has 6 nitrogen and oxygen atoms in total. The number of aliphatic imine (C=N–C) groups is 1. The number of carbonyl (C=O) groups excluding carboxylic acids is 1. The van der Waals surface area contributed by atoms with Gasteiger partial charge in [0.05, 0.1) is 26.2 Å². The lowest BCUT2D eigenvalue weighted by atomic mass is 10.2. The van der Waals surface area contributed by atoms with Gasteiger partial charge in [-0.2, -0.15) is 0 Å². The Morgan fingerprint density at radius 2 is 1.74 bits per heavy atom. The minimum absolute atomic E-state index is 0.150. The second kappa shape index (κ2) is 10.5. The maximum absolute atomic E-state index is 13.1. The lowest BCUT2D eigenvalue weighted by Gasteiger charge is -2.11. The highest BCUT2D eigenvalue weighted by Crippen LogP contribution is 2.38. The van der Waals surface area contributed by atoms with Crippen LogP contribution in [0.25, 0.3) is 6.08 Å². The number of benzene rings is 3. The summed E-state index contributed by atoms with van der Waals surface area (Å²) in [6.07, 6.45) is 1.65. The maximum atomic E-state index is 13.1. The van der Waals surface area contributed by atoms with Gasteiger partial charge < -0.3 is 9.84 Å². The minimum atomic E-state index is -1.03. The van der Waals surface area contributed by atoms with Crippen molar-refractivity contribution in [2.75, 3.05) is 7.05 Å². The molecule has 1 saturated heterocycles. The zero-order valence-corrected chi connectivity index (χ0v) is 20.5. The van der Waals surface area contributed by atoms with Crippen LogP contribution in [0.3, 0.4) is 0 Å². The van der Waals surface area contributed by atoms with Gasteiger partial charge in [0, 0.05) is 7.05 Å². The van der Waals surface area contributed by atoms with Gasteiger partial charge in [-0.05, 0) is 77.5 Å². The van der Waals surface area contributed by atoms with Crippen molar-refractivity contribution in [1.82, 2.24) is 4.90 Å². The number of ether oxygens (including phenoxy) is 1. The molecule has 178 valence electrons. The molecule has 3 aromatic carbocycles. The molecular weight excluding hydrogens is 514 g/mol. The SMILES string of the molecule is CN1C(=O)/C(=C/c2cc(Cl)c(OCc3ccc(F)cc3)c(Cl)c2)SC1=Nc1ccc(C(=O)O)cc1. The van der Waals surface area contributed by atoms with Crippen LogP contribution in [0.4, 0.5) is 10.1 Å². The van der Waals surface area contributed by atoms with Crippen LogP contribution >= 0.6 is 35.0 Å². The molecule has 1 aliphatic rings. The summed E-state index contributed by atoms with van der Waals surface area (Å²) < 4.78 is 18.8.